The van der Waals surface area contributed by atoms with E-state index < -0.39 is 5.41 Å². The van der Waals surface area contributed by atoms with Gasteiger partial charge in [-0.3, -0.25) is 4.79 Å². The highest BCUT2D eigenvalue weighted by Crippen LogP contribution is 2.45. The number of hydrogen-bond donors (Lipinski definition) is 0. The maximum Gasteiger partial charge on any atom is 0.233 e. The van der Waals surface area contributed by atoms with E-state index >= 15 is 0 Å². The van der Waals surface area contributed by atoms with Crippen molar-refractivity contribution in [2.24, 2.45) is 0 Å². The van der Waals surface area contributed by atoms with Crippen LogP contribution in [0, 0.1) is 11.6 Å². The molecule has 120 valence electrons. The summed E-state index contributed by atoms with van der Waals surface area (Å²) in [5.41, 5.74) is 1.06. The predicted molar refractivity (Wildman–Crippen MR) is 84.8 cm³/mol. The van der Waals surface area contributed by atoms with E-state index in [1.165, 1.54) is 24.3 Å². The Balaban J connectivity index is 1.81. The number of nitrogens with zero attached hydrogens (tertiary/aromatic N) is 1. The van der Waals surface area contributed by atoms with Crippen LogP contribution in [0.2, 0.25) is 0 Å². The van der Waals surface area contributed by atoms with Crippen molar-refractivity contribution < 1.29 is 13.6 Å². The van der Waals surface area contributed by atoms with Gasteiger partial charge in [-0.1, -0.05) is 30.7 Å². The molecule has 1 amide bonds. The predicted octanol–water partition coefficient (Wildman–Crippen LogP) is 4.05. The molecule has 1 saturated carbocycles. The Morgan fingerprint density at radius 2 is 1.78 bits per heavy atom. The van der Waals surface area contributed by atoms with Gasteiger partial charge in [0, 0.05) is 13.6 Å². The Bertz CT molecular complexity index is 708. The molecule has 0 aliphatic heterocycles. The molecule has 3 rings (SSSR count). The van der Waals surface area contributed by atoms with Crippen LogP contribution in [0.3, 0.4) is 0 Å². The van der Waals surface area contributed by atoms with E-state index in [2.05, 4.69) is 0 Å². The van der Waals surface area contributed by atoms with Gasteiger partial charge < -0.3 is 4.90 Å². The number of likely N-dealkylation sites (N-methyl/N-ethyl adjacent to an activating group) is 1. The van der Waals surface area contributed by atoms with Gasteiger partial charge in [-0.05, 0) is 48.2 Å². The number of rotatable bonds is 4. The van der Waals surface area contributed by atoms with Crippen LogP contribution < -0.4 is 0 Å². The van der Waals surface area contributed by atoms with E-state index in [1.54, 1.807) is 36.2 Å². The van der Waals surface area contributed by atoms with E-state index in [9.17, 15) is 13.6 Å². The van der Waals surface area contributed by atoms with Crippen LogP contribution in [-0.4, -0.2) is 17.9 Å². The number of halogens is 2. The summed E-state index contributed by atoms with van der Waals surface area (Å²) >= 11 is 0. The van der Waals surface area contributed by atoms with Crippen molar-refractivity contribution in [3.05, 3.63) is 71.3 Å². The van der Waals surface area contributed by atoms with Gasteiger partial charge in [-0.25, -0.2) is 8.78 Å². The summed E-state index contributed by atoms with van der Waals surface area (Å²) in [5, 5.41) is 0. The van der Waals surface area contributed by atoms with Gasteiger partial charge >= 0.3 is 0 Å². The lowest BCUT2D eigenvalue weighted by atomic mass is 9.63. The molecule has 0 saturated heterocycles. The molecule has 0 N–H and O–H groups in total. The Morgan fingerprint density at radius 3 is 2.35 bits per heavy atom. The monoisotopic (exact) mass is 315 g/mol. The molecule has 1 aliphatic rings. The van der Waals surface area contributed by atoms with Gasteiger partial charge in [0.15, 0.2) is 0 Å². The molecule has 0 radical (unpaired) electrons. The Kier molecular flexibility index (Phi) is 4.16. The van der Waals surface area contributed by atoms with Gasteiger partial charge in [0.1, 0.15) is 11.6 Å². The van der Waals surface area contributed by atoms with Crippen molar-refractivity contribution in [2.45, 2.75) is 31.2 Å². The maximum atomic E-state index is 13.3. The SMILES string of the molecule is CN(Cc1cccc(F)c1)C(=O)C1(c2ccc(F)cc2)CCC1. The highest BCUT2D eigenvalue weighted by atomic mass is 19.1. The topological polar surface area (TPSA) is 20.3 Å². The minimum absolute atomic E-state index is 0.0135. The zero-order valence-electron chi connectivity index (χ0n) is 13.1. The minimum Gasteiger partial charge on any atom is -0.341 e. The zero-order valence-corrected chi connectivity index (χ0v) is 13.1. The molecule has 1 fully saturated rings. The molecule has 0 spiro atoms. The summed E-state index contributed by atoms with van der Waals surface area (Å²) in [4.78, 5) is 14.6. The van der Waals surface area contributed by atoms with Crippen LogP contribution in [0.1, 0.15) is 30.4 Å². The van der Waals surface area contributed by atoms with E-state index in [-0.39, 0.29) is 17.5 Å². The Hall–Kier alpha value is -2.23. The largest absolute Gasteiger partial charge is 0.341 e. The normalized spacial score (nSPS) is 15.8. The summed E-state index contributed by atoms with van der Waals surface area (Å²) in [5.74, 6) is -0.594. The van der Waals surface area contributed by atoms with Crippen molar-refractivity contribution in [1.29, 1.82) is 0 Å². The number of hydrogen-bond acceptors (Lipinski definition) is 1. The average Bonchev–Trinajstić information content (AvgIpc) is 2.48. The first kappa shape index (κ1) is 15.7. The second-order valence-electron chi connectivity index (χ2n) is 6.23. The van der Waals surface area contributed by atoms with Gasteiger partial charge in [-0.15, -0.1) is 0 Å². The summed E-state index contributed by atoms with van der Waals surface area (Å²) in [6.45, 7) is 0.361. The summed E-state index contributed by atoms with van der Waals surface area (Å²) in [7, 11) is 1.73. The molecular formula is C19H19F2NO. The van der Waals surface area contributed by atoms with Crippen molar-refractivity contribution >= 4 is 5.91 Å². The first-order valence-electron chi connectivity index (χ1n) is 7.77. The molecule has 23 heavy (non-hydrogen) atoms. The highest BCUT2D eigenvalue weighted by molar-refractivity contribution is 5.89. The van der Waals surface area contributed by atoms with Gasteiger partial charge in [-0.2, -0.15) is 0 Å². The zero-order chi connectivity index (χ0) is 16.4. The average molecular weight is 315 g/mol. The lowest BCUT2D eigenvalue weighted by Gasteiger charge is -2.43. The van der Waals surface area contributed by atoms with Crippen LogP contribution in [0.25, 0.3) is 0 Å². The third-order valence-corrected chi connectivity index (χ3v) is 4.67. The van der Waals surface area contributed by atoms with E-state index in [4.69, 9.17) is 0 Å². The van der Waals surface area contributed by atoms with Crippen LogP contribution in [0.5, 0.6) is 0 Å². The lowest BCUT2D eigenvalue weighted by Crippen LogP contribution is -2.49. The Labute approximate surface area is 134 Å². The Morgan fingerprint density at radius 1 is 1.09 bits per heavy atom. The first-order valence-corrected chi connectivity index (χ1v) is 7.77. The lowest BCUT2D eigenvalue weighted by molar-refractivity contribution is -0.140. The van der Waals surface area contributed by atoms with Crippen LogP contribution >= 0.6 is 0 Å². The molecule has 2 nitrogen and oxygen atoms in total. The molecule has 4 heteroatoms. The van der Waals surface area contributed by atoms with Crippen LogP contribution in [0.4, 0.5) is 8.78 Å². The van der Waals surface area contributed by atoms with Crippen molar-refractivity contribution in [2.75, 3.05) is 7.05 Å². The molecule has 0 heterocycles. The van der Waals surface area contributed by atoms with Gasteiger partial charge in [0.05, 0.1) is 5.41 Å². The molecular weight excluding hydrogens is 296 g/mol. The summed E-state index contributed by atoms with van der Waals surface area (Å²) in [6.07, 6.45) is 2.52. The first-order chi connectivity index (χ1) is 11.0. The van der Waals surface area contributed by atoms with Gasteiger partial charge in [0.2, 0.25) is 5.91 Å². The fraction of sp³-hybridized carbons (Fsp3) is 0.316. The standard InChI is InChI=1S/C19H19F2NO/c1-22(13-14-4-2-5-17(21)12-14)18(23)19(10-3-11-19)15-6-8-16(20)9-7-15/h2,4-9,12H,3,10-11,13H2,1H3. The molecule has 0 unspecified atom stereocenters. The minimum atomic E-state index is -0.560. The number of carbonyl (C=O) groups is 1. The molecule has 0 aromatic heterocycles. The number of amides is 1. The van der Waals surface area contributed by atoms with Crippen molar-refractivity contribution in [3.63, 3.8) is 0 Å². The van der Waals surface area contributed by atoms with Crippen molar-refractivity contribution in [3.8, 4) is 0 Å². The third kappa shape index (κ3) is 2.98. The summed E-state index contributed by atoms with van der Waals surface area (Å²) < 4.78 is 26.4. The van der Waals surface area contributed by atoms with Crippen LogP contribution in [0.15, 0.2) is 48.5 Å². The number of carbonyl (C=O) groups excluding carboxylic acids is 1. The molecule has 0 bridgehead atoms. The second-order valence-corrected chi connectivity index (χ2v) is 6.23. The van der Waals surface area contributed by atoms with E-state index in [0.29, 0.717) is 6.54 Å². The highest BCUT2D eigenvalue weighted by Gasteiger charge is 2.46. The van der Waals surface area contributed by atoms with Gasteiger partial charge in [0.25, 0.3) is 0 Å². The molecule has 2 aromatic rings. The van der Waals surface area contributed by atoms with E-state index in [1.807, 2.05) is 0 Å². The summed E-state index contributed by atoms with van der Waals surface area (Å²) in [6, 6.07) is 12.5. The fourth-order valence-electron chi connectivity index (χ4n) is 3.27. The molecule has 2 aromatic carbocycles. The maximum absolute atomic E-state index is 13.3. The molecule has 1 aliphatic carbocycles. The fourth-order valence-corrected chi connectivity index (χ4v) is 3.27. The van der Waals surface area contributed by atoms with E-state index in [0.717, 1.165) is 30.4 Å². The molecule has 0 atom stereocenters. The number of benzene rings is 2. The second kappa shape index (κ2) is 6.11. The van der Waals surface area contributed by atoms with Crippen LogP contribution in [-0.2, 0) is 16.8 Å². The quantitative estimate of drug-likeness (QED) is 0.833. The smallest absolute Gasteiger partial charge is 0.233 e. The third-order valence-electron chi connectivity index (χ3n) is 4.67. The van der Waals surface area contributed by atoms with Crippen molar-refractivity contribution in [1.82, 2.24) is 4.90 Å².